The number of amides is 1. The van der Waals surface area contributed by atoms with E-state index in [4.69, 9.17) is 0 Å². The van der Waals surface area contributed by atoms with Gasteiger partial charge in [-0.2, -0.15) is 0 Å². The molecule has 1 aromatic carbocycles. The van der Waals surface area contributed by atoms with Crippen molar-refractivity contribution in [2.75, 3.05) is 7.05 Å². The van der Waals surface area contributed by atoms with Gasteiger partial charge >= 0.3 is 0 Å². The minimum atomic E-state index is 0.202. The second-order valence-electron chi connectivity index (χ2n) is 5.48. The third-order valence-electron chi connectivity index (χ3n) is 4.22. The lowest BCUT2D eigenvalue weighted by Gasteiger charge is -2.27. The standard InChI is InChI=1S/C16H24N2O/c1-12-5-3-4-6-14(12)11-18-16(19)13-7-9-15(17-2)10-8-13/h3-6,13,15,17H,7-11H2,1-2H3,(H,18,19). The normalized spacial score (nSPS) is 23.1. The van der Waals surface area contributed by atoms with Crippen LogP contribution in [0, 0.1) is 12.8 Å². The average molecular weight is 260 g/mol. The summed E-state index contributed by atoms with van der Waals surface area (Å²) in [6.07, 6.45) is 4.23. The molecule has 1 fully saturated rings. The number of carbonyl (C=O) groups is 1. The minimum absolute atomic E-state index is 0.202. The lowest BCUT2D eigenvalue weighted by Crippen LogP contribution is -2.37. The fourth-order valence-electron chi connectivity index (χ4n) is 2.78. The van der Waals surface area contributed by atoms with Crippen molar-refractivity contribution in [3.8, 4) is 0 Å². The smallest absolute Gasteiger partial charge is 0.223 e. The van der Waals surface area contributed by atoms with Gasteiger partial charge in [-0.3, -0.25) is 4.79 Å². The maximum Gasteiger partial charge on any atom is 0.223 e. The first kappa shape index (κ1) is 14.1. The number of hydrogen-bond acceptors (Lipinski definition) is 2. The summed E-state index contributed by atoms with van der Waals surface area (Å²) in [5.74, 6) is 0.423. The summed E-state index contributed by atoms with van der Waals surface area (Å²) in [4.78, 5) is 12.1. The van der Waals surface area contributed by atoms with E-state index in [1.807, 2.05) is 19.2 Å². The molecule has 19 heavy (non-hydrogen) atoms. The molecule has 1 amide bonds. The molecule has 0 unspecified atom stereocenters. The van der Waals surface area contributed by atoms with E-state index in [9.17, 15) is 4.79 Å². The average Bonchev–Trinajstić information content (AvgIpc) is 2.46. The Bertz CT molecular complexity index is 423. The molecule has 0 aliphatic heterocycles. The van der Waals surface area contributed by atoms with Crippen LogP contribution in [0.25, 0.3) is 0 Å². The van der Waals surface area contributed by atoms with Gasteiger partial charge in [0.05, 0.1) is 0 Å². The predicted molar refractivity (Wildman–Crippen MR) is 77.8 cm³/mol. The lowest BCUT2D eigenvalue weighted by atomic mass is 9.85. The number of rotatable bonds is 4. The summed E-state index contributed by atoms with van der Waals surface area (Å²) >= 11 is 0. The summed E-state index contributed by atoms with van der Waals surface area (Å²) in [5, 5.41) is 6.38. The molecule has 0 radical (unpaired) electrons. The van der Waals surface area contributed by atoms with E-state index >= 15 is 0 Å². The monoisotopic (exact) mass is 260 g/mol. The summed E-state index contributed by atoms with van der Waals surface area (Å²) in [5.41, 5.74) is 2.45. The molecular formula is C16H24N2O. The zero-order valence-corrected chi connectivity index (χ0v) is 11.9. The first-order valence-corrected chi connectivity index (χ1v) is 7.20. The quantitative estimate of drug-likeness (QED) is 0.872. The summed E-state index contributed by atoms with van der Waals surface area (Å²) < 4.78 is 0. The van der Waals surface area contributed by atoms with Crippen molar-refractivity contribution in [3.63, 3.8) is 0 Å². The van der Waals surface area contributed by atoms with E-state index < -0.39 is 0 Å². The van der Waals surface area contributed by atoms with Crippen LogP contribution in [0.15, 0.2) is 24.3 Å². The van der Waals surface area contributed by atoms with Crippen LogP contribution in [0.5, 0.6) is 0 Å². The van der Waals surface area contributed by atoms with Crippen LogP contribution in [0.1, 0.15) is 36.8 Å². The van der Waals surface area contributed by atoms with E-state index in [0.717, 1.165) is 25.7 Å². The van der Waals surface area contributed by atoms with Gasteiger partial charge in [-0.15, -0.1) is 0 Å². The second-order valence-corrected chi connectivity index (χ2v) is 5.48. The highest BCUT2D eigenvalue weighted by Gasteiger charge is 2.25. The van der Waals surface area contributed by atoms with E-state index in [-0.39, 0.29) is 11.8 Å². The molecule has 1 saturated carbocycles. The van der Waals surface area contributed by atoms with Gasteiger partial charge in [0.25, 0.3) is 0 Å². The van der Waals surface area contributed by atoms with Crippen LogP contribution in [0.4, 0.5) is 0 Å². The molecule has 0 atom stereocenters. The van der Waals surface area contributed by atoms with Crippen molar-refractivity contribution in [1.82, 2.24) is 10.6 Å². The van der Waals surface area contributed by atoms with Crippen LogP contribution in [-0.2, 0) is 11.3 Å². The fraction of sp³-hybridized carbons (Fsp3) is 0.562. The molecule has 2 N–H and O–H groups in total. The van der Waals surface area contributed by atoms with Gasteiger partial charge in [0, 0.05) is 18.5 Å². The first-order chi connectivity index (χ1) is 9.20. The van der Waals surface area contributed by atoms with Crippen LogP contribution in [-0.4, -0.2) is 19.0 Å². The van der Waals surface area contributed by atoms with Gasteiger partial charge < -0.3 is 10.6 Å². The number of hydrogen-bond donors (Lipinski definition) is 2. The highest BCUT2D eigenvalue weighted by Crippen LogP contribution is 2.24. The van der Waals surface area contributed by atoms with Crippen molar-refractivity contribution < 1.29 is 4.79 Å². The fourth-order valence-corrected chi connectivity index (χ4v) is 2.78. The molecule has 0 heterocycles. The van der Waals surface area contributed by atoms with Crippen molar-refractivity contribution in [3.05, 3.63) is 35.4 Å². The molecule has 3 heteroatoms. The Morgan fingerprint density at radius 3 is 2.53 bits per heavy atom. The Morgan fingerprint density at radius 1 is 1.21 bits per heavy atom. The zero-order chi connectivity index (χ0) is 13.7. The predicted octanol–water partition coefficient (Wildman–Crippen LogP) is 2.39. The van der Waals surface area contributed by atoms with Crippen LogP contribution in [0.3, 0.4) is 0 Å². The van der Waals surface area contributed by atoms with Gasteiger partial charge in [-0.05, 0) is 50.8 Å². The molecule has 3 nitrogen and oxygen atoms in total. The molecule has 0 spiro atoms. The lowest BCUT2D eigenvalue weighted by molar-refractivity contribution is -0.126. The van der Waals surface area contributed by atoms with E-state index in [2.05, 4.69) is 29.7 Å². The largest absolute Gasteiger partial charge is 0.352 e. The van der Waals surface area contributed by atoms with Gasteiger partial charge in [0.2, 0.25) is 5.91 Å². The molecule has 0 aromatic heterocycles. The molecular weight excluding hydrogens is 236 g/mol. The third kappa shape index (κ3) is 3.80. The van der Waals surface area contributed by atoms with Crippen LogP contribution < -0.4 is 10.6 Å². The number of carbonyl (C=O) groups excluding carboxylic acids is 1. The Kier molecular flexibility index (Phi) is 4.97. The Labute approximate surface area is 115 Å². The van der Waals surface area contributed by atoms with Crippen molar-refractivity contribution >= 4 is 5.91 Å². The molecule has 104 valence electrons. The SMILES string of the molecule is CNC1CCC(C(=O)NCc2ccccc2C)CC1. The number of benzene rings is 1. The molecule has 1 aliphatic rings. The number of aryl methyl sites for hydroxylation is 1. The van der Waals surface area contributed by atoms with Crippen molar-refractivity contribution in [1.29, 1.82) is 0 Å². The summed E-state index contributed by atoms with van der Waals surface area (Å²) in [6.45, 7) is 2.73. The maximum atomic E-state index is 12.1. The van der Waals surface area contributed by atoms with Gasteiger partial charge in [0.1, 0.15) is 0 Å². The second kappa shape index (κ2) is 6.71. The van der Waals surface area contributed by atoms with Crippen molar-refractivity contribution in [2.24, 2.45) is 5.92 Å². The molecule has 2 rings (SSSR count). The van der Waals surface area contributed by atoms with E-state index in [1.54, 1.807) is 0 Å². The summed E-state index contributed by atoms with van der Waals surface area (Å²) in [7, 11) is 2.00. The van der Waals surface area contributed by atoms with E-state index in [0.29, 0.717) is 12.6 Å². The molecule has 0 saturated heterocycles. The highest BCUT2D eigenvalue weighted by molar-refractivity contribution is 5.78. The maximum absolute atomic E-state index is 12.1. The van der Waals surface area contributed by atoms with Gasteiger partial charge in [-0.25, -0.2) is 0 Å². The zero-order valence-electron chi connectivity index (χ0n) is 11.9. The Balaban J connectivity index is 1.81. The molecule has 0 bridgehead atoms. The van der Waals surface area contributed by atoms with Crippen LogP contribution >= 0.6 is 0 Å². The Morgan fingerprint density at radius 2 is 1.89 bits per heavy atom. The molecule has 1 aromatic rings. The topological polar surface area (TPSA) is 41.1 Å². The molecule has 1 aliphatic carbocycles. The summed E-state index contributed by atoms with van der Waals surface area (Å²) in [6, 6.07) is 8.81. The Hall–Kier alpha value is -1.35. The van der Waals surface area contributed by atoms with Crippen LogP contribution in [0.2, 0.25) is 0 Å². The van der Waals surface area contributed by atoms with Gasteiger partial charge in [0.15, 0.2) is 0 Å². The minimum Gasteiger partial charge on any atom is -0.352 e. The highest BCUT2D eigenvalue weighted by atomic mass is 16.1. The van der Waals surface area contributed by atoms with Gasteiger partial charge in [-0.1, -0.05) is 24.3 Å². The third-order valence-corrected chi connectivity index (χ3v) is 4.22. The van der Waals surface area contributed by atoms with E-state index in [1.165, 1.54) is 11.1 Å². The number of nitrogens with one attached hydrogen (secondary N) is 2. The first-order valence-electron chi connectivity index (χ1n) is 7.20. The van der Waals surface area contributed by atoms with Crippen molar-refractivity contribution in [2.45, 2.75) is 45.2 Å².